The van der Waals surface area contributed by atoms with Crippen molar-refractivity contribution in [1.29, 1.82) is 0 Å². The van der Waals surface area contributed by atoms with E-state index in [1.54, 1.807) is 24.3 Å². The molecule has 120 valence electrons. The first-order chi connectivity index (χ1) is 11.1. The van der Waals surface area contributed by atoms with Gasteiger partial charge in [0.2, 0.25) is 5.91 Å². The summed E-state index contributed by atoms with van der Waals surface area (Å²) >= 11 is 11.9. The Balaban J connectivity index is 1.86. The zero-order chi connectivity index (χ0) is 16.7. The summed E-state index contributed by atoms with van der Waals surface area (Å²) < 4.78 is 5.39. The monoisotopic (exact) mass is 350 g/mol. The van der Waals surface area contributed by atoms with Crippen LogP contribution >= 0.6 is 23.2 Å². The van der Waals surface area contributed by atoms with Crippen molar-refractivity contribution in [3.8, 4) is 5.75 Å². The molecule has 4 nitrogen and oxygen atoms in total. The van der Waals surface area contributed by atoms with Crippen molar-refractivity contribution in [2.24, 2.45) is 0 Å². The number of carbonyl (C=O) groups is 1. The third-order valence-electron chi connectivity index (χ3n) is 2.88. The van der Waals surface area contributed by atoms with Crippen LogP contribution in [0.5, 0.6) is 5.75 Å². The van der Waals surface area contributed by atoms with Gasteiger partial charge in [0.1, 0.15) is 12.4 Å². The highest BCUT2D eigenvalue weighted by molar-refractivity contribution is 6.35. The third kappa shape index (κ3) is 5.51. The van der Waals surface area contributed by atoms with Gasteiger partial charge in [-0.25, -0.2) is 0 Å². The molecule has 0 atom stereocenters. The highest BCUT2D eigenvalue weighted by Crippen LogP contribution is 2.25. The number of hydrogen-bond acceptors (Lipinski definition) is 3. The molecule has 0 saturated carbocycles. The second kappa shape index (κ2) is 8.46. The van der Waals surface area contributed by atoms with E-state index in [4.69, 9.17) is 27.9 Å². The van der Waals surface area contributed by atoms with Gasteiger partial charge in [-0.3, -0.25) is 4.79 Å². The van der Waals surface area contributed by atoms with Gasteiger partial charge in [-0.15, -0.1) is 0 Å². The Hall–Kier alpha value is -2.17. The van der Waals surface area contributed by atoms with E-state index in [9.17, 15) is 4.79 Å². The van der Waals surface area contributed by atoms with E-state index in [1.807, 2.05) is 24.3 Å². The number of ether oxygens (including phenoxy) is 1. The largest absolute Gasteiger partial charge is 0.490 e. The predicted molar refractivity (Wildman–Crippen MR) is 95.7 cm³/mol. The lowest BCUT2D eigenvalue weighted by Crippen LogP contribution is -2.21. The number of hydrogen-bond donors (Lipinski definition) is 2. The minimum absolute atomic E-state index is 0.107. The molecule has 0 aliphatic heterocycles. The molecule has 0 heterocycles. The Morgan fingerprint density at radius 1 is 1.17 bits per heavy atom. The lowest BCUT2D eigenvalue weighted by molar-refractivity contribution is -0.114. The average Bonchev–Trinajstić information content (AvgIpc) is 2.55. The van der Waals surface area contributed by atoms with Crippen molar-refractivity contribution >= 4 is 40.5 Å². The van der Waals surface area contributed by atoms with Crippen LogP contribution in [0.1, 0.15) is 0 Å². The summed E-state index contributed by atoms with van der Waals surface area (Å²) in [5.74, 6) is 0.520. The fourth-order valence-electron chi connectivity index (χ4n) is 1.79. The van der Waals surface area contributed by atoms with Crippen molar-refractivity contribution in [2.75, 3.05) is 23.8 Å². The number of amides is 1. The van der Waals surface area contributed by atoms with Gasteiger partial charge in [0.15, 0.2) is 0 Å². The van der Waals surface area contributed by atoms with E-state index in [1.165, 1.54) is 0 Å². The van der Waals surface area contributed by atoms with Crippen molar-refractivity contribution in [2.45, 2.75) is 0 Å². The first-order valence-electron chi connectivity index (χ1n) is 6.91. The fourth-order valence-corrected chi connectivity index (χ4v) is 2.13. The molecule has 2 aromatic rings. The molecule has 1 amide bonds. The summed E-state index contributed by atoms with van der Waals surface area (Å²) in [6.45, 7) is 4.15. The standard InChI is InChI=1S/C17H16Cl2N2O2/c1-2-9-23-14-6-4-13(5-7-14)20-11-17(22)21-16-10-12(18)3-8-15(16)19/h2-8,10,20H,1,9,11H2,(H,21,22). The summed E-state index contributed by atoms with van der Waals surface area (Å²) in [6.07, 6.45) is 1.68. The lowest BCUT2D eigenvalue weighted by Gasteiger charge is -2.10. The number of benzene rings is 2. The number of halogens is 2. The molecule has 23 heavy (non-hydrogen) atoms. The molecule has 0 spiro atoms. The van der Waals surface area contributed by atoms with Gasteiger partial charge in [-0.1, -0.05) is 35.9 Å². The second-order valence-corrected chi connectivity index (χ2v) is 5.49. The fraction of sp³-hybridized carbons (Fsp3) is 0.118. The zero-order valence-corrected chi connectivity index (χ0v) is 13.8. The molecule has 0 aliphatic carbocycles. The van der Waals surface area contributed by atoms with Gasteiger partial charge in [0.05, 0.1) is 17.3 Å². The minimum atomic E-state index is -0.221. The third-order valence-corrected chi connectivity index (χ3v) is 3.44. The van der Waals surface area contributed by atoms with E-state index in [0.29, 0.717) is 22.3 Å². The van der Waals surface area contributed by atoms with E-state index in [-0.39, 0.29) is 12.5 Å². The van der Waals surface area contributed by atoms with Crippen molar-refractivity contribution < 1.29 is 9.53 Å². The Kier molecular flexibility index (Phi) is 6.32. The maximum Gasteiger partial charge on any atom is 0.243 e. The summed E-state index contributed by atoms with van der Waals surface area (Å²) in [7, 11) is 0. The molecule has 0 radical (unpaired) electrons. The van der Waals surface area contributed by atoms with Crippen LogP contribution in [0.4, 0.5) is 11.4 Å². The van der Waals surface area contributed by atoms with Crippen LogP contribution in [0.2, 0.25) is 10.0 Å². The Morgan fingerprint density at radius 3 is 2.61 bits per heavy atom. The summed E-state index contributed by atoms with van der Waals surface area (Å²) in [4.78, 5) is 11.9. The molecular formula is C17H16Cl2N2O2. The Morgan fingerprint density at radius 2 is 1.91 bits per heavy atom. The summed E-state index contributed by atoms with van der Waals surface area (Å²) in [5.41, 5.74) is 1.29. The molecule has 6 heteroatoms. The number of carbonyl (C=O) groups excluding carboxylic acids is 1. The van der Waals surface area contributed by atoms with Crippen molar-refractivity contribution in [3.05, 3.63) is 65.2 Å². The van der Waals surface area contributed by atoms with Crippen molar-refractivity contribution in [3.63, 3.8) is 0 Å². The number of nitrogens with one attached hydrogen (secondary N) is 2. The maximum absolute atomic E-state index is 11.9. The highest BCUT2D eigenvalue weighted by Gasteiger charge is 2.06. The highest BCUT2D eigenvalue weighted by atomic mass is 35.5. The summed E-state index contributed by atoms with van der Waals surface area (Å²) in [6, 6.07) is 12.2. The van der Waals surface area contributed by atoms with Gasteiger partial charge < -0.3 is 15.4 Å². The average molecular weight is 351 g/mol. The first-order valence-corrected chi connectivity index (χ1v) is 7.66. The molecule has 2 N–H and O–H groups in total. The summed E-state index contributed by atoms with van der Waals surface area (Å²) in [5, 5.41) is 6.67. The lowest BCUT2D eigenvalue weighted by atomic mass is 10.3. The molecule has 0 saturated heterocycles. The second-order valence-electron chi connectivity index (χ2n) is 4.65. The van der Waals surface area contributed by atoms with Crippen LogP contribution in [0.15, 0.2) is 55.1 Å². The normalized spacial score (nSPS) is 10.0. The van der Waals surface area contributed by atoms with Crippen molar-refractivity contribution in [1.82, 2.24) is 0 Å². The molecule has 0 fully saturated rings. The minimum Gasteiger partial charge on any atom is -0.490 e. The van der Waals surface area contributed by atoms with Crippen LogP contribution in [0.3, 0.4) is 0 Å². The van der Waals surface area contributed by atoms with E-state index >= 15 is 0 Å². The first kappa shape index (κ1) is 17.2. The van der Waals surface area contributed by atoms with E-state index in [0.717, 1.165) is 11.4 Å². The molecular weight excluding hydrogens is 335 g/mol. The zero-order valence-electron chi connectivity index (χ0n) is 12.3. The number of rotatable bonds is 7. The Bertz CT molecular complexity index is 687. The van der Waals surface area contributed by atoms with Crippen LogP contribution in [-0.2, 0) is 4.79 Å². The van der Waals surface area contributed by atoms with Gasteiger partial charge >= 0.3 is 0 Å². The topological polar surface area (TPSA) is 50.4 Å². The van der Waals surface area contributed by atoms with Crippen LogP contribution < -0.4 is 15.4 Å². The van der Waals surface area contributed by atoms with E-state index in [2.05, 4.69) is 17.2 Å². The van der Waals surface area contributed by atoms with Crippen LogP contribution in [0, 0.1) is 0 Å². The van der Waals surface area contributed by atoms with Gasteiger partial charge in [0, 0.05) is 10.7 Å². The van der Waals surface area contributed by atoms with E-state index < -0.39 is 0 Å². The number of anilines is 2. The molecule has 0 aliphatic rings. The SMILES string of the molecule is C=CCOc1ccc(NCC(=O)Nc2cc(Cl)ccc2Cl)cc1. The molecule has 2 rings (SSSR count). The van der Waals surface area contributed by atoms with Gasteiger partial charge in [-0.05, 0) is 42.5 Å². The smallest absolute Gasteiger partial charge is 0.243 e. The van der Waals surface area contributed by atoms with Gasteiger partial charge in [-0.2, -0.15) is 0 Å². The van der Waals surface area contributed by atoms with Crippen LogP contribution in [-0.4, -0.2) is 19.1 Å². The molecule has 0 unspecified atom stereocenters. The Labute approximate surface area is 145 Å². The van der Waals surface area contributed by atoms with Crippen LogP contribution in [0.25, 0.3) is 0 Å². The molecule has 0 aromatic heterocycles. The quantitative estimate of drug-likeness (QED) is 0.717. The molecule has 0 bridgehead atoms. The predicted octanol–water partition coefficient (Wildman–Crippen LogP) is 4.61. The molecule has 2 aromatic carbocycles. The maximum atomic E-state index is 11.9. The van der Waals surface area contributed by atoms with Gasteiger partial charge in [0.25, 0.3) is 0 Å².